The number of rotatable bonds is 8. The molecule has 2 aromatic heterocycles. The van der Waals surface area contributed by atoms with Crippen LogP contribution in [0, 0.1) is 34.3 Å². The highest BCUT2D eigenvalue weighted by atomic mass is 35.5. The van der Waals surface area contributed by atoms with Crippen molar-refractivity contribution in [3.63, 3.8) is 0 Å². The third kappa shape index (κ3) is 11.5. The monoisotopic (exact) mass is 926 g/mol. The highest BCUT2D eigenvalue weighted by Gasteiger charge is 2.39. The Balaban J connectivity index is 0.000000244. The first-order valence-corrected chi connectivity index (χ1v) is 20.6. The molecule has 6 aromatic rings. The van der Waals surface area contributed by atoms with Crippen molar-refractivity contribution >= 4 is 69.4 Å². The molecule has 0 saturated heterocycles. The molecule has 4 aromatic carbocycles. The number of aromatic nitrogens is 4. The van der Waals surface area contributed by atoms with Crippen LogP contribution in [0.4, 0.5) is 43.2 Å². The number of ketones is 2. The van der Waals surface area contributed by atoms with E-state index in [-0.39, 0.29) is 61.6 Å². The minimum Gasteiger partial charge on any atom is -0.312 e. The van der Waals surface area contributed by atoms with E-state index in [1.165, 1.54) is 72.7 Å². The predicted octanol–water partition coefficient (Wildman–Crippen LogP) is 10.0. The Morgan fingerprint density at radius 1 is 0.672 bits per heavy atom. The second-order valence-electron chi connectivity index (χ2n) is 14.7. The Morgan fingerprint density at radius 2 is 1.10 bits per heavy atom. The molecule has 0 N–H and O–H groups in total. The molecule has 0 aliphatic carbocycles. The quantitative estimate of drug-likeness (QED) is 0.104. The van der Waals surface area contributed by atoms with Gasteiger partial charge in [0.15, 0.2) is 23.2 Å². The van der Waals surface area contributed by atoms with Gasteiger partial charge in [0.2, 0.25) is 17.1 Å². The van der Waals surface area contributed by atoms with Crippen LogP contribution in [-0.4, -0.2) is 69.5 Å². The highest BCUT2D eigenvalue weighted by molar-refractivity contribution is 6.28. The number of halogens is 3. The maximum Gasteiger partial charge on any atom is 0.250 e. The Labute approximate surface area is 393 Å². The van der Waals surface area contributed by atoms with Crippen molar-refractivity contribution in [2.45, 2.75) is 67.0 Å². The van der Waals surface area contributed by atoms with Crippen molar-refractivity contribution in [3.05, 3.63) is 154 Å². The highest BCUT2D eigenvalue weighted by Crippen LogP contribution is 2.41. The van der Waals surface area contributed by atoms with Gasteiger partial charge in [0.05, 0.1) is 42.1 Å². The van der Waals surface area contributed by atoms with E-state index < -0.39 is 17.9 Å². The van der Waals surface area contributed by atoms with Gasteiger partial charge in [-0.15, -0.1) is 0 Å². The number of hydrogen-bond acceptors (Lipinski definition) is 12. The van der Waals surface area contributed by atoms with Crippen LogP contribution in [0.5, 0.6) is 0 Å². The molecule has 344 valence electrons. The summed E-state index contributed by atoms with van der Waals surface area (Å²) >= 11 is 5.96. The average molecular weight is 927 g/mol. The molecule has 14 nitrogen and oxygen atoms in total. The molecule has 0 fully saturated rings. The molecule has 0 spiro atoms. The van der Waals surface area contributed by atoms with Crippen molar-refractivity contribution in [1.82, 2.24) is 19.9 Å². The number of carbonyl (C=O) groups is 4. The maximum atomic E-state index is 13.2. The van der Waals surface area contributed by atoms with E-state index in [9.17, 15) is 33.2 Å². The van der Waals surface area contributed by atoms with Crippen LogP contribution < -0.4 is 19.6 Å². The first-order valence-electron chi connectivity index (χ1n) is 20.3. The molecule has 17 heteroatoms. The minimum absolute atomic E-state index is 0. The fourth-order valence-electron chi connectivity index (χ4n) is 7.20. The molecule has 0 saturated carbocycles. The van der Waals surface area contributed by atoms with E-state index >= 15 is 0 Å². The zero-order valence-electron chi connectivity index (χ0n) is 35.9. The summed E-state index contributed by atoms with van der Waals surface area (Å²) in [4.78, 5) is 72.9. The summed E-state index contributed by atoms with van der Waals surface area (Å²) in [5.41, 5.74) is 4.39. The fourth-order valence-corrected chi connectivity index (χ4v) is 7.33. The van der Waals surface area contributed by atoms with Crippen molar-refractivity contribution in [1.29, 1.82) is 10.5 Å². The molecule has 8 rings (SSSR count). The maximum absolute atomic E-state index is 13.2. The number of fused-ring (bicyclic) bond motifs is 2. The summed E-state index contributed by atoms with van der Waals surface area (Å²) in [6.07, 6.45) is 4.11. The van der Waals surface area contributed by atoms with Crippen LogP contribution in [0.3, 0.4) is 0 Å². The summed E-state index contributed by atoms with van der Waals surface area (Å²) in [5, 5.41) is 18.6. The van der Waals surface area contributed by atoms with Crippen molar-refractivity contribution in [3.8, 4) is 12.1 Å². The zero-order valence-corrected chi connectivity index (χ0v) is 36.7. The van der Waals surface area contributed by atoms with Crippen LogP contribution >= 0.6 is 11.6 Å². The molecule has 0 bridgehead atoms. The van der Waals surface area contributed by atoms with Gasteiger partial charge < -0.3 is 19.6 Å². The number of amides is 2. The van der Waals surface area contributed by atoms with E-state index in [0.29, 0.717) is 63.8 Å². The summed E-state index contributed by atoms with van der Waals surface area (Å²) in [6, 6.07) is 28.2. The average Bonchev–Trinajstić information content (AvgIpc) is 3.31. The van der Waals surface area contributed by atoms with Gasteiger partial charge >= 0.3 is 0 Å². The van der Waals surface area contributed by atoms with Gasteiger partial charge in [0.25, 0.3) is 0 Å². The molecule has 67 heavy (non-hydrogen) atoms. The van der Waals surface area contributed by atoms with E-state index in [4.69, 9.17) is 16.9 Å². The molecule has 2 aliphatic heterocycles. The number of likely N-dealkylation sites (N-methyl/N-ethyl adjacent to an activating group) is 2. The lowest BCUT2D eigenvalue weighted by Gasteiger charge is -2.40. The Hall–Kier alpha value is -7.95. The van der Waals surface area contributed by atoms with Crippen LogP contribution in [0.1, 0.15) is 86.1 Å². The van der Waals surface area contributed by atoms with Crippen molar-refractivity contribution < 1.29 is 28.0 Å². The number of hydrogen-bond donors (Lipinski definition) is 0. The number of benzene rings is 4. The van der Waals surface area contributed by atoms with Gasteiger partial charge in [0, 0.05) is 36.6 Å². The largest absolute Gasteiger partial charge is 0.312 e. The molecule has 2 atom stereocenters. The van der Waals surface area contributed by atoms with Gasteiger partial charge in [-0.2, -0.15) is 15.5 Å². The van der Waals surface area contributed by atoms with Crippen LogP contribution in [0.2, 0.25) is 5.28 Å². The molecule has 2 unspecified atom stereocenters. The molecule has 2 amide bonds. The number of anilines is 6. The fraction of sp³-hybridized carbons (Fsp3) is 0.240. The number of nitriles is 2. The molecular weight excluding hydrogens is 878 g/mol. The lowest BCUT2D eigenvalue weighted by atomic mass is 10.0. The topological polar surface area (TPSA) is 180 Å². The third-order valence-corrected chi connectivity index (χ3v) is 10.8. The lowest BCUT2D eigenvalue weighted by Crippen LogP contribution is -2.50. The van der Waals surface area contributed by atoms with E-state index in [1.807, 2.05) is 30.9 Å². The van der Waals surface area contributed by atoms with Gasteiger partial charge in [-0.3, -0.25) is 19.2 Å². The number of carbonyl (C=O) groups excluding carboxylic acids is 4. The van der Waals surface area contributed by atoms with Crippen molar-refractivity contribution in [2.75, 3.05) is 33.7 Å². The van der Waals surface area contributed by atoms with Gasteiger partial charge in [-0.05, 0) is 116 Å². The first-order chi connectivity index (χ1) is 31.2. The zero-order chi connectivity index (χ0) is 46.9. The van der Waals surface area contributed by atoms with Gasteiger partial charge in [-0.25, -0.2) is 23.7 Å². The summed E-state index contributed by atoms with van der Waals surface area (Å²) in [6.45, 7) is 5.29. The summed E-state index contributed by atoms with van der Waals surface area (Å²) < 4.78 is 25.4. The second kappa shape index (κ2) is 22.8. The van der Waals surface area contributed by atoms with Crippen LogP contribution in [0.25, 0.3) is 0 Å². The van der Waals surface area contributed by atoms with Crippen molar-refractivity contribution in [2.24, 2.45) is 0 Å². The summed E-state index contributed by atoms with van der Waals surface area (Å²) in [5.74, 6) is 0.173. The number of nitrogens with zero attached hydrogens (tertiary/aromatic N) is 10. The summed E-state index contributed by atoms with van der Waals surface area (Å²) in [7, 11) is 3.36. The molecular formula is C50H49ClF2N10O4. The SMILES string of the molecule is C.C.CC(=O)c1ccc(F)cc1.CCC1C(=O)N(C)c2cnc(CC(=O)c3ccc(F)cc3)nc2N1c1cccc(C#N)c1.CCC1C(=O)N(C)c2cnc(Cl)nc2N1c1cccc(C#N)c1. The smallest absolute Gasteiger partial charge is 0.250 e. The molecule has 0 radical (unpaired) electrons. The molecule has 4 heterocycles. The normalized spacial score (nSPS) is 14.5. The Morgan fingerprint density at radius 3 is 1.54 bits per heavy atom. The standard InChI is InChI=1S/C24H20FN5O2.C16H14ClN5O.C8H7FO.2CH4/c1-3-19-24(32)29(2)20-14-27-22(12-21(31)16-7-9-17(25)10-8-16)28-23(20)30(19)18-6-4-5-15(11-18)13-26;1-3-12-15(23)21(2)13-9-19-16(17)20-14(13)22(12)11-6-4-5-10(7-11)8-18;1-6(10)7-2-4-8(9)5-3-7;;/h4-11,14,19H,3,12H2,1-2H3;4-7,9,12H,3H2,1-2H3;2-5H,1H3;2*1H4. The minimum atomic E-state index is -0.517. The van der Waals surface area contributed by atoms with Gasteiger partial charge in [-0.1, -0.05) is 40.8 Å². The van der Waals surface area contributed by atoms with E-state index in [1.54, 1.807) is 60.3 Å². The predicted molar refractivity (Wildman–Crippen MR) is 255 cm³/mol. The number of Topliss-reactive ketones (excluding diaryl/α,β-unsaturated/α-hetero) is 2. The van der Waals surface area contributed by atoms with E-state index in [2.05, 4.69) is 32.1 Å². The Bertz CT molecular complexity index is 2850. The molecule has 2 aliphatic rings. The third-order valence-electron chi connectivity index (χ3n) is 10.6. The first kappa shape index (κ1) is 51.7. The van der Waals surface area contributed by atoms with E-state index in [0.717, 1.165) is 5.69 Å². The lowest BCUT2D eigenvalue weighted by molar-refractivity contribution is -0.120. The van der Waals surface area contributed by atoms with Crippen LogP contribution in [-0.2, 0) is 16.0 Å². The van der Waals surface area contributed by atoms with Gasteiger partial charge in [0.1, 0.15) is 40.9 Å². The van der Waals surface area contributed by atoms with Crippen LogP contribution in [0.15, 0.2) is 109 Å². The second-order valence-corrected chi connectivity index (χ2v) is 15.1. The Kier molecular flexibility index (Phi) is 17.6.